The molecule has 0 aliphatic carbocycles. The van der Waals surface area contributed by atoms with Gasteiger partial charge in [-0.1, -0.05) is 18.2 Å². The number of nitrogens with zero attached hydrogens (tertiary/aromatic N) is 2. The molecule has 1 aromatic heterocycles. The molecule has 2 aromatic rings. The normalized spacial score (nSPS) is 11.3. The van der Waals surface area contributed by atoms with E-state index in [4.69, 9.17) is 5.73 Å². The summed E-state index contributed by atoms with van der Waals surface area (Å²) < 4.78 is 1.68. The summed E-state index contributed by atoms with van der Waals surface area (Å²) in [5.74, 6) is 0.550. The van der Waals surface area contributed by atoms with Crippen LogP contribution in [0.15, 0.2) is 35.1 Å². The molecule has 0 saturated carbocycles. The van der Waals surface area contributed by atoms with Crippen LogP contribution in [-0.2, 0) is 6.54 Å². The van der Waals surface area contributed by atoms with Crippen molar-refractivity contribution in [2.75, 3.05) is 26.4 Å². The number of fused-ring (bicyclic) bond motifs is 1. The number of unbranched alkanes of at least 4 members (excludes halogenated alkanes) is 1. The molecular weight excluding hydrogens is 238 g/mol. The van der Waals surface area contributed by atoms with Gasteiger partial charge < -0.3 is 10.6 Å². The quantitative estimate of drug-likeness (QED) is 0.835. The average molecular weight is 259 g/mol. The van der Waals surface area contributed by atoms with Gasteiger partial charge in [0.15, 0.2) is 0 Å². The molecule has 0 bridgehead atoms. The molecule has 2 rings (SSSR count). The minimum Gasteiger partial charge on any atom is -0.385 e. The first-order valence-electron chi connectivity index (χ1n) is 6.62. The van der Waals surface area contributed by atoms with Crippen LogP contribution in [-0.4, -0.2) is 30.1 Å². The smallest absolute Gasteiger partial charge is 0.259 e. The highest BCUT2D eigenvalue weighted by Crippen LogP contribution is 2.13. The van der Waals surface area contributed by atoms with Gasteiger partial charge in [0, 0.05) is 11.9 Å². The third-order valence-electron chi connectivity index (χ3n) is 3.29. The number of benzene rings is 1. The van der Waals surface area contributed by atoms with Gasteiger partial charge in [-0.2, -0.15) is 0 Å². The topological polar surface area (TPSA) is 51.3 Å². The van der Waals surface area contributed by atoms with E-state index in [1.54, 1.807) is 4.57 Å². The van der Waals surface area contributed by atoms with E-state index in [1.807, 2.05) is 30.3 Å². The molecule has 0 aliphatic rings. The van der Waals surface area contributed by atoms with Gasteiger partial charge in [-0.25, -0.2) is 0 Å². The molecule has 1 heterocycles. The Bertz CT molecular complexity index is 616. The van der Waals surface area contributed by atoms with Crippen molar-refractivity contribution in [2.45, 2.75) is 19.4 Å². The summed E-state index contributed by atoms with van der Waals surface area (Å²) in [7, 11) is 4.10. The van der Waals surface area contributed by atoms with Crippen molar-refractivity contribution in [3.63, 3.8) is 0 Å². The lowest BCUT2D eigenvalue weighted by Crippen LogP contribution is -2.23. The third-order valence-corrected chi connectivity index (χ3v) is 3.29. The summed E-state index contributed by atoms with van der Waals surface area (Å²) in [6, 6.07) is 9.46. The molecule has 0 amide bonds. The summed E-state index contributed by atoms with van der Waals surface area (Å²) >= 11 is 0. The molecule has 0 unspecified atom stereocenters. The highest BCUT2D eigenvalue weighted by Gasteiger charge is 2.06. The fraction of sp³-hybridized carbons (Fsp3) is 0.400. The number of hydrogen-bond donors (Lipinski definition) is 1. The van der Waals surface area contributed by atoms with Crippen molar-refractivity contribution in [3.05, 3.63) is 40.7 Å². The van der Waals surface area contributed by atoms with Crippen molar-refractivity contribution < 1.29 is 0 Å². The number of aromatic nitrogens is 1. The number of pyridine rings is 1. The van der Waals surface area contributed by atoms with E-state index >= 15 is 0 Å². The molecule has 0 fully saturated rings. The van der Waals surface area contributed by atoms with Crippen LogP contribution in [0.2, 0.25) is 0 Å². The van der Waals surface area contributed by atoms with Crippen LogP contribution in [0.1, 0.15) is 12.8 Å². The fourth-order valence-electron chi connectivity index (χ4n) is 2.25. The lowest BCUT2D eigenvalue weighted by atomic mass is 10.1. The van der Waals surface area contributed by atoms with Crippen LogP contribution in [0.4, 0.5) is 5.82 Å². The highest BCUT2D eigenvalue weighted by molar-refractivity contribution is 5.83. The molecule has 4 nitrogen and oxygen atoms in total. The maximum atomic E-state index is 12.3. The summed E-state index contributed by atoms with van der Waals surface area (Å²) in [6.45, 7) is 1.71. The second-order valence-electron chi connectivity index (χ2n) is 5.12. The van der Waals surface area contributed by atoms with Gasteiger partial charge >= 0.3 is 0 Å². The maximum absolute atomic E-state index is 12.3. The van der Waals surface area contributed by atoms with Gasteiger partial charge in [-0.15, -0.1) is 0 Å². The number of nitrogens with two attached hydrogens (primary N) is 1. The first-order chi connectivity index (χ1) is 9.09. The summed E-state index contributed by atoms with van der Waals surface area (Å²) in [5, 5.41) is 1.65. The Hall–Kier alpha value is -1.81. The molecular formula is C15H21N3O. The number of rotatable bonds is 5. The largest absolute Gasteiger partial charge is 0.385 e. The van der Waals surface area contributed by atoms with Crippen LogP contribution < -0.4 is 11.3 Å². The Morgan fingerprint density at radius 2 is 1.95 bits per heavy atom. The maximum Gasteiger partial charge on any atom is 0.259 e. The van der Waals surface area contributed by atoms with Crippen LogP contribution in [0, 0.1) is 0 Å². The molecule has 102 valence electrons. The first-order valence-corrected chi connectivity index (χ1v) is 6.62. The monoisotopic (exact) mass is 259 g/mol. The number of nitrogen functional groups attached to an aromatic ring is 1. The zero-order chi connectivity index (χ0) is 13.8. The zero-order valence-corrected chi connectivity index (χ0v) is 11.6. The first kappa shape index (κ1) is 13.6. The van der Waals surface area contributed by atoms with E-state index in [2.05, 4.69) is 19.0 Å². The Kier molecular flexibility index (Phi) is 4.22. The molecule has 2 N–H and O–H groups in total. The van der Waals surface area contributed by atoms with Gasteiger partial charge in [0.25, 0.3) is 5.56 Å². The third kappa shape index (κ3) is 3.15. The highest BCUT2D eigenvalue weighted by atomic mass is 16.1. The minimum atomic E-state index is 0.0143. The van der Waals surface area contributed by atoms with Crippen molar-refractivity contribution >= 4 is 16.6 Å². The lowest BCUT2D eigenvalue weighted by molar-refractivity contribution is 0.387. The second-order valence-corrected chi connectivity index (χ2v) is 5.12. The predicted molar refractivity (Wildman–Crippen MR) is 80.4 cm³/mol. The van der Waals surface area contributed by atoms with Crippen molar-refractivity contribution in [1.29, 1.82) is 0 Å². The van der Waals surface area contributed by atoms with Gasteiger partial charge in [0.1, 0.15) is 5.82 Å². The van der Waals surface area contributed by atoms with Gasteiger partial charge in [-0.3, -0.25) is 9.36 Å². The summed E-state index contributed by atoms with van der Waals surface area (Å²) in [6.07, 6.45) is 2.02. The van der Waals surface area contributed by atoms with Crippen molar-refractivity contribution in [3.8, 4) is 0 Å². The lowest BCUT2D eigenvalue weighted by Gasteiger charge is -2.12. The van der Waals surface area contributed by atoms with E-state index in [1.165, 1.54) is 0 Å². The molecule has 1 aromatic carbocycles. The van der Waals surface area contributed by atoms with Crippen LogP contribution in [0.3, 0.4) is 0 Å². The molecule has 0 spiro atoms. The standard InChI is InChI=1S/C15H21N3O/c1-17(2)9-5-6-10-18-14(16)11-12-7-3-4-8-13(12)15(18)19/h3-4,7-8,11H,5-6,9-10,16H2,1-2H3. The summed E-state index contributed by atoms with van der Waals surface area (Å²) in [4.78, 5) is 14.5. The van der Waals surface area contributed by atoms with Gasteiger partial charge in [0.2, 0.25) is 0 Å². The van der Waals surface area contributed by atoms with E-state index in [-0.39, 0.29) is 5.56 Å². The minimum absolute atomic E-state index is 0.0143. The van der Waals surface area contributed by atoms with E-state index in [0.717, 1.165) is 30.2 Å². The van der Waals surface area contributed by atoms with E-state index < -0.39 is 0 Å². The van der Waals surface area contributed by atoms with Crippen molar-refractivity contribution in [2.24, 2.45) is 0 Å². The van der Waals surface area contributed by atoms with Crippen LogP contribution in [0.25, 0.3) is 10.8 Å². The molecule has 0 saturated heterocycles. The Balaban J connectivity index is 2.21. The number of hydrogen-bond acceptors (Lipinski definition) is 3. The number of anilines is 1. The van der Waals surface area contributed by atoms with E-state index in [9.17, 15) is 4.79 Å². The van der Waals surface area contributed by atoms with Gasteiger partial charge in [-0.05, 0) is 51.0 Å². The molecule has 19 heavy (non-hydrogen) atoms. The SMILES string of the molecule is CN(C)CCCCn1c(N)cc2ccccc2c1=O. The summed E-state index contributed by atoms with van der Waals surface area (Å²) in [5.41, 5.74) is 6.00. The average Bonchev–Trinajstić information content (AvgIpc) is 2.37. The molecule has 0 aliphatic heterocycles. The van der Waals surface area contributed by atoms with Crippen LogP contribution in [0.5, 0.6) is 0 Å². The Morgan fingerprint density at radius 1 is 1.21 bits per heavy atom. The molecule has 0 radical (unpaired) electrons. The van der Waals surface area contributed by atoms with E-state index in [0.29, 0.717) is 12.4 Å². The fourth-order valence-corrected chi connectivity index (χ4v) is 2.25. The van der Waals surface area contributed by atoms with Gasteiger partial charge in [0.05, 0.1) is 0 Å². The predicted octanol–water partition coefficient (Wildman–Crippen LogP) is 1.93. The molecule has 4 heteroatoms. The molecule has 0 atom stereocenters. The Morgan fingerprint density at radius 3 is 2.68 bits per heavy atom. The van der Waals surface area contributed by atoms with Crippen LogP contribution >= 0.6 is 0 Å². The van der Waals surface area contributed by atoms with Crippen molar-refractivity contribution in [1.82, 2.24) is 9.47 Å². The Labute approximate surface area is 113 Å². The second kappa shape index (κ2) is 5.89. The zero-order valence-electron chi connectivity index (χ0n) is 11.6.